The van der Waals surface area contributed by atoms with Gasteiger partial charge in [0.25, 0.3) is 0 Å². The van der Waals surface area contributed by atoms with Crippen LogP contribution in [-0.2, 0) is 9.53 Å². The summed E-state index contributed by atoms with van der Waals surface area (Å²) in [5, 5.41) is 0.579. The van der Waals surface area contributed by atoms with Gasteiger partial charge in [-0.3, -0.25) is 4.99 Å². The SMILES string of the molecule is CCOC(=O)C1=C(Cl)C2(CC)CC(C3=CCC(F)CC3)CCC2N=C1Br. The van der Waals surface area contributed by atoms with Gasteiger partial charge in [-0.25, -0.2) is 9.18 Å². The fourth-order valence-electron chi connectivity index (χ4n) is 4.70. The number of fused-ring (bicyclic) bond motifs is 1. The molecular formula is C20H26BrClFNO2. The summed E-state index contributed by atoms with van der Waals surface area (Å²) in [5.74, 6) is -0.0263. The zero-order valence-corrected chi connectivity index (χ0v) is 17.7. The van der Waals surface area contributed by atoms with Crippen molar-refractivity contribution in [3.63, 3.8) is 0 Å². The Kier molecular flexibility index (Phi) is 6.28. The first-order chi connectivity index (χ1) is 12.4. The highest BCUT2D eigenvalue weighted by molar-refractivity contribution is 9.18. The summed E-state index contributed by atoms with van der Waals surface area (Å²) >= 11 is 10.3. The molecule has 4 atom stereocenters. The van der Waals surface area contributed by atoms with Gasteiger partial charge in [-0.1, -0.05) is 30.2 Å². The van der Waals surface area contributed by atoms with Crippen LogP contribution in [0.15, 0.2) is 27.2 Å². The van der Waals surface area contributed by atoms with Crippen molar-refractivity contribution in [1.82, 2.24) is 0 Å². The van der Waals surface area contributed by atoms with E-state index < -0.39 is 12.1 Å². The molecule has 0 aromatic rings. The van der Waals surface area contributed by atoms with Gasteiger partial charge in [0.2, 0.25) is 0 Å². The highest BCUT2D eigenvalue weighted by Crippen LogP contribution is 2.55. The van der Waals surface area contributed by atoms with E-state index in [9.17, 15) is 9.18 Å². The van der Waals surface area contributed by atoms with Gasteiger partial charge in [-0.05, 0) is 73.7 Å². The van der Waals surface area contributed by atoms with E-state index in [0.717, 1.165) is 32.1 Å². The lowest BCUT2D eigenvalue weighted by atomic mass is 9.61. The molecular weight excluding hydrogens is 421 g/mol. The number of dihydropyridines is 1. The van der Waals surface area contributed by atoms with Crippen LogP contribution in [0.2, 0.25) is 0 Å². The molecule has 144 valence electrons. The highest BCUT2D eigenvalue weighted by atomic mass is 79.9. The predicted octanol–water partition coefficient (Wildman–Crippen LogP) is 5.86. The van der Waals surface area contributed by atoms with Crippen molar-refractivity contribution in [3.05, 3.63) is 22.3 Å². The number of carbonyl (C=O) groups excluding carboxylic acids is 1. The quantitative estimate of drug-likeness (QED) is 0.400. The maximum absolute atomic E-state index is 13.5. The molecule has 3 nitrogen and oxygen atoms in total. The minimum absolute atomic E-state index is 0.0712. The summed E-state index contributed by atoms with van der Waals surface area (Å²) in [4.78, 5) is 17.2. The smallest absolute Gasteiger partial charge is 0.342 e. The summed E-state index contributed by atoms with van der Waals surface area (Å²) in [6.45, 7) is 4.19. The van der Waals surface area contributed by atoms with Crippen molar-refractivity contribution in [2.45, 2.75) is 71.0 Å². The molecule has 1 heterocycles. The average Bonchev–Trinajstić information content (AvgIpc) is 2.62. The van der Waals surface area contributed by atoms with Crippen LogP contribution in [0, 0.1) is 11.3 Å². The van der Waals surface area contributed by atoms with Crippen molar-refractivity contribution < 1.29 is 13.9 Å². The second-order valence-electron chi connectivity index (χ2n) is 7.48. The Hall–Kier alpha value is -0.680. The number of esters is 1. The molecule has 3 rings (SSSR count). The molecule has 6 heteroatoms. The molecule has 1 fully saturated rings. The molecule has 0 radical (unpaired) electrons. The van der Waals surface area contributed by atoms with Crippen LogP contribution in [-0.4, -0.2) is 29.4 Å². The predicted molar refractivity (Wildman–Crippen MR) is 107 cm³/mol. The first-order valence-corrected chi connectivity index (χ1v) is 10.7. The molecule has 0 aromatic carbocycles. The highest BCUT2D eigenvalue weighted by Gasteiger charge is 2.50. The number of hydrogen-bond donors (Lipinski definition) is 0. The van der Waals surface area contributed by atoms with Crippen molar-refractivity contribution in [2.24, 2.45) is 16.3 Å². The minimum Gasteiger partial charge on any atom is -0.462 e. The Morgan fingerprint density at radius 3 is 2.81 bits per heavy atom. The van der Waals surface area contributed by atoms with E-state index in [2.05, 4.69) is 28.9 Å². The van der Waals surface area contributed by atoms with Crippen LogP contribution >= 0.6 is 27.5 Å². The topological polar surface area (TPSA) is 38.7 Å². The Balaban J connectivity index is 1.93. The molecule has 0 amide bonds. The Morgan fingerprint density at radius 2 is 2.19 bits per heavy atom. The van der Waals surface area contributed by atoms with Crippen LogP contribution in [0.5, 0.6) is 0 Å². The molecule has 2 aliphatic carbocycles. The van der Waals surface area contributed by atoms with Crippen molar-refractivity contribution in [1.29, 1.82) is 0 Å². The summed E-state index contributed by atoms with van der Waals surface area (Å²) in [6.07, 6.45) is 7.01. The number of allylic oxidation sites excluding steroid dienone is 2. The van der Waals surface area contributed by atoms with E-state index in [1.807, 2.05) is 0 Å². The van der Waals surface area contributed by atoms with E-state index in [4.69, 9.17) is 21.3 Å². The third kappa shape index (κ3) is 3.54. The van der Waals surface area contributed by atoms with Crippen LogP contribution in [0.25, 0.3) is 0 Å². The number of carbonyl (C=O) groups is 1. The lowest BCUT2D eigenvalue weighted by Gasteiger charge is -2.48. The lowest BCUT2D eigenvalue weighted by Crippen LogP contribution is -2.45. The van der Waals surface area contributed by atoms with Gasteiger partial charge >= 0.3 is 5.97 Å². The molecule has 3 aliphatic rings. The summed E-state index contributed by atoms with van der Waals surface area (Å²) in [7, 11) is 0. The van der Waals surface area contributed by atoms with Crippen LogP contribution in [0.4, 0.5) is 4.39 Å². The molecule has 1 saturated carbocycles. The van der Waals surface area contributed by atoms with Crippen LogP contribution in [0.1, 0.15) is 58.8 Å². The monoisotopic (exact) mass is 445 g/mol. The molecule has 0 aromatic heterocycles. The first kappa shape index (κ1) is 20.1. The maximum Gasteiger partial charge on any atom is 0.342 e. The number of ether oxygens (including phenoxy) is 1. The zero-order chi connectivity index (χ0) is 18.9. The lowest BCUT2D eigenvalue weighted by molar-refractivity contribution is -0.138. The Morgan fingerprint density at radius 1 is 1.42 bits per heavy atom. The van der Waals surface area contributed by atoms with Crippen molar-refractivity contribution in [3.8, 4) is 0 Å². The average molecular weight is 447 g/mol. The number of hydrogen-bond acceptors (Lipinski definition) is 3. The second-order valence-corrected chi connectivity index (χ2v) is 8.61. The molecule has 4 unspecified atom stereocenters. The van der Waals surface area contributed by atoms with Gasteiger partial charge in [0.1, 0.15) is 16.4 Å². The maximum atomic E-state index is 13.5. The van der Waals surface area contributed by atoms with Crippen molar-refractivity contribution in [2.75, 3.05) is 6.61 Å². The Bertz CT molecular complexity index is 675. The molecule has 0 saturated heterocycles. The molecule has 0 N–H and O–H groups in total. The summed E-state index contributed by atoms with van der Waals surface area (Å²) in [6, 6.07) is 0.0712. The van der Waals surface area contributed by atoms with Crippen LogP contribution < -0.4 is 0 Å². The van der Waals surface area contributed by atoms with Gasteiger partial charge in [0.15, 0.2) is 0 Å². The van der Waals surface area contributed by atoms with E-state index in [1.54, 1.807) is 6.92 Å². The van der Waals surface area contributed by atoms with E-state index in [-0.39, 0.29) is 11.5 Å². The fourth-order valence-corrected chi connectivity index (χ4v) is 5.92. The minimum atomic E-state index is -0.704. The Labute approximate surface area is 168 Å². The molecule has 0 spiro atoms. The van der Waals surface area contributed by atoms with Gasteiger partial charge in [-0.15, -0.1) is 0 Å². The molecule has 26 heavy (non-hydrogen) atoms. The first-order valence-electron chi connectivity index (χ1n) is 9.57. The number of nitrogens with zero attached hydrogens (tertiary/aromatic N) is 1. The van der Waals surface area contributed by atoms with Gasteiger partial charge < -0.3 is 4.74 Å². The fraction of sp³-hybridized carbons (Fsp3) is 0.700. The number of alkyl halides is 1. The number of rotatable bonds is 4. The third-order valence-electron chi connectivity index (χ3n) is 6.19. The van der Waals surface area contributed by atoms with E-state index in [1.165, 1.54) is 5.57 Å². The van der Waals surface area contributed by atoms with Crippen molar-refractivity contribution >= 4 is 38.1 Å². The van der Waals surface area contributed by atoms with Crippen LogP contribution in [0.3, 0.4) is 0 Å². The number of halogens is 3. The van der Waals surface area contributed by atoms with Gasteiger partial charge in [0.05, 0.1) is 12.6 Å². The molecule has 1 aliphatic heterocycles. The summed E-state index contributed by atoms with van der Waals surface area (Å²) < 4.78 is 19.2. The normalized spacial score (nSPS) is 34.7. The van der Waals surface area contributed by atoms with E-state index in [0.29, 0.717) is 40.6 Å². The standard InChI is InChI=1S/C20H26BrClFNO2/c1-3-20-11-13(12-5-8-14(23)9-6-12)7-10-15(20)24-18(21)16(17(20)22)19(25)26-4-2/h5,13-15H,3-4,6-11H2,1-2H3. The van der Waals surface area contributed by atoms with Gasteiger partial charge in [0, 0.05) is 10.4 Å². The van der Waals surface area contributed by atoms with E-state index >= 15 is 0 Å². The number of aliphatic imine (C=N–C) groups is 1. The largest absolute Gasteiger partial charge is 0.462 e. The summed E-state index contributed by atoms with van der Waals surface area (Å²) in [5.41, 5.74) is 1.40. The van der Waals surface area contributed by atoms with Gasteiger partial charge in [-0.2, -0.15) is 0 Å². The second kappa shape index (κ2) is 8.14. The molecule has 0 bridgehead atoms. The zero-order valence-electron chi connectivity index (χ0n) is 15.4. The third-order valence-corrected chi connectivity index (χ3v) is 7.35.